The van der Waals surface area contributed by atoms with Crippen LogP contribution in [-0.4, -0.2) is 31.9 Å². The van der Waals surface area contributed by atoms with Crippen LogP contribution in [0.2, 0.25) is 0 Å². The molecule has 0 bridgehead atoms. The molecule has 0 amide bonds. The van der Waals surface area contributed by atoms with Gasteiger partial charge in [0.05, 0.1) is 14.2 Å². The van der Waals surface area contributed by atoms with Crippen molar-refractivity contribution in [2.75, 3.05) is 14.2 Å². The van der Waals surface area contributed by atoms with E-state index in [0.717, 1.165) is 0 Å². The van der Waals surface area contributed by atoms with Crippen molar-refractivity contribution < 1.29 is 23.9 Å². The Hall–Kier alpha value is -2.17. The monoisotopic (exact) mass is 322 g/mol. The summed E-state index contributed by atoms with van der Waals surface area (Å²) >= 11 is 0. The smallest absolute Gasteiger partial charge is 0.333 e. The molecule has 5 nitrogen and oxygen atoms in total. The van der Waals surface area contributed by atoms with Gasteiger partial charge in [-0.05, 0) is 32.6 Å². The van der Waals surface area contributed by atoms with Gasteiger partial charge in [-0.1, -0.05) is 18.2 Å². The van der Waals surface area contributed by atoms with Crippen molar-refractivity contribution in [3.63, 3.8) is 0 Å². The van der Waals surface area contributed by atoms with Crippen LogP contribution in [0.3, 0.4) is 0 Å². The van der Waals surface area contributed by atoms with Crippen molar-refractivity contribution in [2.24, 2.45) is 5.41 Å². The van der Waals surface area contributed by atoms with Crippen LogP contribution in [0.1, 0.15) is 39.0 Å². The minimum absolute atomic E-state index is 0.195. The first-order valence-corrected chi connectivity index (χ1v) is 7.48. The first kappa shape index (κ1) is 20.8. The fourth-order valence-corrected chi connectivity index (χ4v) is 2.35. The molecule has 0 heterocycles. The summed E-state index contributed by atoms with van der Waals surface area (Å²) in [5, 5.41) is 0. The van der Waals surface area contributed by atoms with E-state index in [1.165, 1.54) is 14.2 Å². The number of ketones is 1. The highest BCUT2D eigenvalue weighted by molar-refractivity contribution is 6.04. The zero-order valence-corrected chi connectivity index (χ0v) is 14.2. The molecule has 0 aromatic rings. The van der Waals surface area contributed by atoms with Gasteiger partial charge in [0.2, 0.25) is 0 Å². The molecule has 0 aliphatic heterocycles. The van der Waals surface area contributed by atoms with Crippen molar-refractivity contribution in [3.8, 4) is 0 Å². The molecular weight excluding hydrogens is 296 g/mol. The largest absolute Gasteiger partial charge is 0.468 e. The minimum Gasteiger partial charge on any atom is -0.468 e. The maximum absolute atomic E-state index is 12.6. The topological polar surface area (TPSA) is 69.7 Å². The highest BCUT2D eigenvalue weighted by Gasteiger charge is 2.44. The Kier molecular flexibility index (Phi) is 9.54. The second kappa shape index (κ2) is 10.5. The Morgan fingerprint density at radius 1 is 1.04 bits per heavy atom. The van der Waals surface area contributed by atoms with Crippen molar-refractivity contribution in [2.45, 2.75) is 39.0 Å². The van der Waals surface area contributed by atoms with Gasteiger partial charge in [-0.2, -0.15) is 0 Å². The molecule has 0 unspecified atom stereocenters. The molecule has 128 valence electrons. The highest BCUT2D eigenvalue weighted by Crippen LogP contribution is 2.34. The molecule has 0 radical (unpaired) electrons. The van der Waals surface area contributed by atoms with E-state index in [0.29, 0.717) is 18.4 Å². The Morgan fingerprint density at radius 2 is 1.70 bits per heavy atom. The molecule has 0 fully saturated rings. The standard InChI is InChI=1S/C18H26O5/c1-6-8-11-15(19)18(12-7-2,17(21)23-5)13-9-10-14(3)16(20)22-4/h6-7,10H,1-2,8-9,11-13H2,3-5H3/b14-10+/t18-/m1/s1. The van der Waals surface area contributed by atoms with Gasteiger partial charge < -0.3 is 9.47 Å². The molecule has 0 aliphatic rings. The number of hydrogen-bond acceptors (Lipinski definition) is 5. The lowest BCUT2D eigenvalue weighted by Gasteiger charge is -2.28. The fraction of sp³-hybridized carbons (Fsp3) is 0.500. The molecule has 0 aromatic carbocycles. The van der Waals surface area contributed by atoms with E-state index in [1.807, 2.05) is 0 Å². The van der Waals surface area contributed by atoms with Crippen LogP contribution >= 0.6 is 0 Å². The minimum atomic E-state index is -1.27. The van der Waals surface area contributed by atoms with Crippen LogP contribution in [-0.2, 0) is 23.9 Å². The van der Waals surface area contributed by atoms with Gasteiger partial charge in [-0.3, -0.25) is 9.59 Å². The van der Waals surface area contributed by atoms with Crippen molar-refractivity contribution in [3.05, 3.63) is 37.0 Å². The van der Waals surface area contributed by atoms with Crippen LogP contribution in [0.15, 0.2) is 37.0 Å². The predicted molar refractivity (Wildman–Crippen MR) is 88.7 cm³/mol. The third kappa shape index (κ3) is 5.85. The number of carbonyl (C=O) groups is 3. The lowest BCUT2D eigenvalue weighted by Crippen LogP contribution is -2.40. The molecule has 23 heavy (non-hydrogen) atoms. The van der Waals surface area contributed by atoms with Gasteiger partial charge in [0.1, 0.15) is 5.41 Å². The Balaban J connectivity index is 5.35. The Morgan fingerprint density at radius 3 is 2.17 bits per heavy atom. The van der Waals surface area contributed by atoms with Crippen molar-refractivity contribution in [1.29, 1.82) is 0 Å². The molecule has 5 heteroatoms. The van der Waals surface area contributed by atoms with Gasteiger partial charge in [0, 0.05) is 12.0 Å². The molecule has 0 aromatic heterocycles. The first-order valence-electron chi connectivity index (χ1n) is 7.48. The van der Waals surface area contributed by atoms with E-state index >= 15 is 0 Å². The van der Waals surface area contributed by atoms with E-state index in [-0.39, 0.29) is 25.0 Å². The van der Waals surface area contributed by atoms with Gasteiger partial charge in [-0.25, -0.2) is 4.79 Å². The molecule has 0 N–H and O–H groups in total. The average molecular weight is 322 g/mol. The molecule has 1 atom stereocenters. The lowest BCUT2D eigenvalue weighted by atomic mass is 9.74. The number of ether oxygens (including phenoxy) is 2. The summed E-state index contributed by atoms with van der Waals surface area (Å²) in [5.41, 5.74) is -0.838. The summed E-state index contributed by atoms with van der Waals surface area (Å²) in [4.78, 5) is 36.2. The van der Waals surface area contributed by atoms with E-state index in [4.69, 9.17) is 4.74 Å². The summed E-state index contributed by atoms with van der Waals surface area (Å²) in [6.45, 7) is 8.85. The summed E-state index contributed by atoms with van der Waals surface area (Å²) in [6, 6.07) is 0. The predicted octanol–water partition coefficient (Wildman–Crippen LogP) is 3.16. The summed E-state index contributed by atoms with van der Waals surface area (Å²) in [7, 11) is 2.56. The molecular formula is C18H26O5. The van der Waals surface area contributed by atoms with Crippen LogP contribution in [0.4, 0.5) is 0 Å². The van der Waals surface area contributed by atoms with Crippen LogP contribution in [0, 0.1) is 5.41 Å². The van der Waals surface area contributed by atoms with Gasteiger partial charge in [-0.15, -0.1) is 13.2 Å². The van der Waals surface area contributed by atoms with Crippen LogP contribution in [0.5, 0.6) is 0 Å². The zero-order chi connectivity index (χ0) is 17.9. The second-order valence-electron chi connectivity index (χ2n) is 5.23. The third-order valence-electron chi connectivity index (χ3n) is 3.71. The molecule has 0 saturated carbocycles. The third-order valence-corrected chi connectivity index (χ3v) is 3.71. The van der Waals surface area contributed by atoms with Crippen LogP contribution < -0.4 is 0 Å². The Labute approximate surface area is 138 Å². The average Bonchev–Trinajstić information content (AvgIpc) is 2.56. The van der Waals surface area contributed by atoms with E-state index < -0.39 is 17.4 Å². The van der Waals surface area contributed by atoms with Crippen molar-refractivity contribution >= 4 is 17.7 Å². The number of allylic oxidation sites excluding steroid dienone is 3. The zero-order valence-electron chi connectivity index (χ0n) is 14.2. The first-order chi connectivity index (χ1) is 10.9. The number of Topliss-reactive ketones (excluding diaryl/α,β-unsaturated/α-hetero) is 1. The molecule has 0 spiro atoms. The summed E-state index contributed by atoms with van der Waals surface area (Å²) in [5.74, 6) is -1.21. The summed E-state index contributed by atoms with van der Waals surface area (Å²) in [6.07, 6.45) is 6.36. The number of carbonyl (C=O) groups excluding carboxylic acids is 3. The van der Waals surface area contributed by atoms with E-state index in [1.54, 1.807) is 25.2 Å². The lowest BCUT2D eigenvalue weighted by molar-refractivity contribution is -0.158. The SMILES string of the molecule is C=CCCC(=O)[C@@](CC=C)(CC/C=C(\C)C(=O)OC)C(=O)OC. The van der Waals surface area contributed by atoms with Crippen LogP contribution in [0.25, 0.3) is 0 Å². The van der Waals surface area contributed by atoms with Gasteiger partial charge >= 0.3 is 11.9 Å². The van der Waals surface area contributed by atoms with Gasteiger partial charge in [0.15, 0.2) is 5.78 Å². The molecule has 0 aliphatic carbocycles. The van der Waals surface area contributed by atoms with E-state index in [9.17, 15) is 14.4 Å². The number of methoxy groups -OCH3 is 2. The molecule has 0 saturated heterocycles. The quantitative estimate of drug-likeness (QED) is 0.253. The second-order valence-corrected chi connectivity index (χ2v) is 5.23. The summed E-state index contributed by atoms with van der Waals surface area (Å²) < 4.78 is 9.47. The van der Waals surface area contributed by atoms with Gasteiger partial charge in [0.25, 0.3) is 0 Å². The molecule has 0 rings (SSSR count). The number of hydrogen-bond donors (Lipinski definition) is 0. The fourth-order valence-electron chi connectivity index (χ4n) is 2.35. The van der Waals surface area contributed by atoms with Crippen molar-refractivity contribution in [1.82, 2.24) is 0 Å². The van der Waals surface area contributed by atoms with E-state index in [2.05, 4.69) is 17.9 Å². The number of rotatable bonds is 11. The highest BCUT2D eigenvalue weighted by atomic mass is 16.5. The Bertz CT molecular complexity index is 490. The normalized spacial score (nSPS) is 13.6. The maximum atomic E-state index is 12.6. The number of esters is 2. The maximum Gasteiger partial charge on any atom is 0.333 e.